The van der Waals surface area contributed by atoms with E-state index in [-0.39, 0.29) is 5.96 Å². The van der Waals surface area contributed by atoms with Crippen LogP contribution in [0.1, 0.15) is 12.5 Å². The van der Waals surface area contributed by atoms with Gasteiger partial charge in [-0.2, -0.15) is 0 Å². The largest absolute Gasteiger partial charge is 0.370 e. The minimum Gasteiger partial charge on any atom is -0.370 e. The minimum absolute atomic E-state index is 0.0515. The van der Waals surface area contributed by atoms with Gasteiger partial charge in [0.1, 0.15) is 0 Å². The Hall–Kier alpha value is -1.27. The second-order valence-electron chi connectivity index (χ2n) is 3.46. The number of nitrogens with one attached hydrogen (secondary N) is 2. The van der Waals surface area contributed by atoms with E-state index < -0.39 is 6.03 Å². The zero-order valence-corrected chi connectivity index (χ0v) is 12.4. The van der Waals surface area contributed by atoms with Crippen LogP contribution in [0.25, 0.3) is 0 Å². The number of carbonyl (C=O) groups is 1. The molecule has 0 spiro atoms. The zero-order chi connectivity index (χ0) is 13.7. The number of benzene rings is 1. The molecular formula is C11H14BrClN4O. The lowest BCUT2D eigenvalue weighted by Gasteiger charge is -2.13. The third-order valence-electron chi connectivity index (χ3n) is 2.24. The third kappa shape index (κ3) is 3.89. The molecule has 0 aliphatic heterocycles. The second-order valence-corrected chi connectivity index (χ2v) is 4.75. The Morgan fingerprint density at radius 3 is 2.78 bits per heavy atom. The number of nitrogens with zero attached hydrogens (tertiary/aromatic N) is 1. The van der Waals surface area contributed by atoms with Crippen LogP contribution in [0.3, 0.4) is 0 Å². The second kappa shape index (κ2) is 6.61. The van der Waals surface area contributed by atoms with Crippen molar-refractivity contribution in [1.82, 2.24) is 5.32 Å². The first kappa shape index (κ1) is 14.8. The quantitative estimate of drug-likeness (QED) is 0.574. The summed E-state index contributed by atoms with van der Waals surface area (Å²) in [4.78, 5) is 15.3. The Bertz CT molecular complexity index is 490. The molecule has 18 heavy (non-hydrogen) atoms. The van der Waals surface area contributed by atoms with E-state index in [1.165, 1.54) is 7.05 Å². The lowest BCUT2D eigenvalue weighted by Crippen LogP contribution is -2.39. The van der Waals surface area contributed by atoms with Crippen LogP contribution in [-0.2, 0) is 6.42 Å². The van der Waals surface area contributed by atoms with Crippen molar-refractivity contribution in [2.75, 3.05) is 12.4 Å². The Kier molecular flexibility index (Phi) is 5.43. The van der Waals surface area contributed by atoms with Crippen LogP contribution in [0, 0.1) is 0 Å². The fourth-order valence-electron chi connectivity index (χ4n) is 1.36. The van der Waals surface area contributed by atoms with Crippen LogP contribution in [0.2, 0.25) is 5.02 Å². The Morgan fingerprint density at radius 1 is 1.56 bits per heavy atom. The topological polar surface area (TPSA) is 79.5 Å². The number of amides is 2. The van der Waals surface area contributed by atoms with E-state index in [9.17, 15) is 4.79 Å². The van der Waals surface area contributed by atoms with E-state index in [1.807, 2.05) is 6.92 Å². The number of aryl methyl sites for hydroxylation is 1. The lowest BCUT2D eigenvalue weighted by molar-refractivity contribution is 0.256. The maximum Gasteiger partial charge on any atom is 0.326 e. The average molecular weight is 334 g/mol. The maximum atomic E-state index is 11.7. The van der Waals surface area contributed by atoms with Gasteiger partial charge < -0.3 is 11.1 Å². The summed E-state index contributed by atoms with van der Waals surface area (Å²) in [5.41, 5.74) is 7.00. The molecule has 0 saturated heterocycles. The molecule has 0 aliphatic rings. The summed E-state index contributed by atoms with van der Waals surface area (Å²) in [6.45, 7) is 1.98. The molecule has 0 aliphatic carbocycles. The molecule has 0 atom stereocenters. The number of anilines is 1. The Balaban J connectivity index is 2.93. The monoisotopic (exact) mass is 332 g/mol. The molecule has 0 unspecified atom stereocenters. The normalized spacial score (nSPS) is 11.2. The van der Waals surface area contributed by atoms with Crippen molar-refractivity contribution in [3.8, 4) is 0 Å². The van der Waals surface area contributed by atoms with E-state index in [1.54, 1.807) is 12.1 Å². The van der Waals surface area contributed by atoms with Gasteiger partial charge in [-0.15, -0.1) is 0 Å². The van der Waals surface area contributed by atoms with E-state index >= 15 is 0 Å². The first-order chi connectivity index (χ1) is 8.47. The standard InChI is InChI=1S/C11H14BrClN4O/c1-3-6-4-7(13)5-8(12)9(6)16-11(18)17-10(14)15-2/h4-5H,3H2,1-2H3,(H4,14,15,16,17,18). The molecule has 7 heteroatoms. The number of guanidine groups is 1. The number of urea groups is 1. The van der Waals surface area contributed by atoms with E-state index in [4.69, 9.17) is 17.3 Å². The van der Waals surface area contributed by atoms with Crippen molar-refractivity contribution in [2.24, 2.45) is 10.7 Å². The van der Waals surface area contributed by atoms with Crippen LogP contribution >= 0.6 is 27.5 Å². The van der Waals surface area contributed by atoms with Crippen LogP contribution in [0.15, 0.2) is 21.6 Å². The van der Waals surface area contributed by atoms with Crippen molar-refractivity contribution in [3.63, 3.8) is 0 Å². The molecule has 0 bridgehead atoms. The van der Waals surface area contributed by atoms with E-state index in [2.05, 4.69) is 31.6 Å². The molecule has 0 radical (unpaired) electrons. The first-order valence-electron chi connectivity index (χ1n) is 5.26. The first-order valence-corrected chi connectivity index (χ1v) is 6.43. The maximum absolute atomic E-state index is 11.7. The number of rotatable bonds is 2. The van der Waals surface area contributed by atoms with Gasteiger partial charge in [-0.1, -0.05) is 18.5 Å². The summed E-state index contributed by atoms with van der Waals surface area (Å²) < 4.78 is 0.717. The van der Waals surface area contributed by atoms with Gasteiger partial charge in [0.15, 0.2) is 5.96 Å². The molecule has 2 amide bonds. The van der Waals surface area contributed by atoms with Gasteiger partial charge in [0.25, 0.3) is 0 Å². The van der Waals surface area contributed by atoms with Gasteiger partial charge in [-0.05, 0) is 40.0 Å². The van der Waals surface area contributed by atoms with Gasteiger partial charge >= 0.3 is 6.03 Å². The van der Waals surface area contributed by atoms with Crippen LogP contribution < -0.4 is 16.4 Å². The number of nitrogens with two attached hydrogens (primary N) is 1. The molecule has 1 rings (SSSR count). The number of carbonyl (C=O) groups excluding carboxylic acids is 1. The number of hydrogen-bond donors (Lipinski definition) is 3. The lowest BCUT2D eigenvalue weighted by atomic mass is 10.1. The van der Waals surface area contributed by atoms with Crippen molar-refractivity contribution < 1.29 is 4.79 Å². The molecule has 5 nitrogen and oxygen atoms in total. The number of aliphatic imine (C=N–C) groups is 1. The Labute approximate surface area is 119 Å². The third-order valence-corrected chi connectivity index (χ3v) is 3.08. The summed E-state index contributed by atoms with van der Waals surface area (Å²) in [5, 5.41) is 5.71. The van der Waals surface area contributed by atoms with Gasteiger partial charge in [-0.3, -0.25) is 10.3 Å². The summed E-state index contributed by atoms with van der Waals surface area (Å²) in [6.07, 6.45) is 0.742. The molecule has 4 N–H and O–H groups in total. The predicted octanol–water partition coefficient (Wildman–Crippen LogP) is 2.73. The van der Waals surface area contributed by atoms with Crippen molar-refractivity contribution in [2.45, 2.75) is 13.3 Å². The molecule has 0 fully saturated rings. The number of halogens is 2. The van der Waals surface area contributed by atoms with Gasteiger partial charge in [0.05, 0.1) is 5.69 Å². The molecule has 0 heterocycles. The molecule has 0 aromatic heterocycles. The van der Waals surface area contributed by atoms with Crippen LogP contribution in [-0.4, -0.2) is 19.0 Å². The fraction of sp³-hybridized carbons (Fsp3) is 0.273. The van der Waals surface area contributed by atoms with Gasteiger partial charge in [0, 0.05) is 16.5 Å². The summed E-state index contributed by atoms with van der Waals surface area (Å²) in [6, 6.07) is 3.07. The predicted molar refractivity (Wildman–Crippen MR) is 78.2 cm³/mol. The Morgan fingerprint density at radius 2 is 2.22 bits per heavy atom. The van der Waals surface area contributed by atoms with E-state index in [0.29, 0.717) is 15.2 Å². The van der Waals surface area contributed by atoms with Crippen LogP contribution in [0.4, 0.5) is 10.5 Å². The van der Waals surface area contributed by atoms with Crippen molar-refractivity contribution in [3.05, 3.63) is 27.2 Å². The summed E-state index contributed by atoms with van der Waals surface area (Å²) in [7, 11) is 1.49. The van der Waals surface area contributed by atoms with Crippen LogP contribution in [0.5, 0.6) is 0 Å². The smallest absolute Gasteiger partial charge is 0.326 e. The molecule has 0 saturated carbocycles. The molecule has 98 valence electrons. The van der Waals surface area contributed by atoms with Crippen molar-refractivity contribution in [1.29, 1.82) is 0 Å². The highest BCUT2D eigenvalue weighted by Crippen LogP contribution is 2.30. The molecule has 1 aromatic rings. The highest BCUT2D eigenvalue weighted by Gasteiger charge is 2.11. The van der Waals surface area contributed by atoms with E-state index in [0.717, 1.165) is 12.0 Å². The van der Waals surface area contributed by atoms with Gasteiger partial charge in [0.2, 0.25) is 0 Å². The van der Waals surface area contributed by atoms with Gasteiger partial charge in [-0.25, -0.2) is 4.79 Å². The molecular weight excluding hydrogens is 320 g/mol. The highest BCUT2D eigenvalue weighted by molar-refractivity contribution is 9.10. The summed E-state index contributed by atoms with van der Waals surface area (Å²) in [5.74, 6) is 0.0515. The van der Waals surface area contributed by atoms with Crippen molar-refractivity contribution >= 4 is 45.2 Å². The molecule has 1 aromatic carbocycles. The number of hydrogen-bond acceptors (Lipinski definition) is 2. The minimum atomic E-state index is -0.448. The zero-order valence-electron chi connectivity index (χ0n) is 10.1. The fourth-order valence-corrected chi connectivity index (χ4v) is 2.34. The average Bonchev–Trinajstić information content (AvgIpc) is 2.31. The summed E-state index contributed by atoms with van der Waals surface area (Å²) >= 11 is 9.31. The SMILES string of the molecule is CCc1cc(Cl)cc(Br)c1NC(=O)NC(N)=NC. The highest BCUT2D eigenvalue weighted by atomic mass is 79.9.